The van der Waals surface area contributed by atoms with Crippen molar-refractivity contribution in [3.8, 4) is 0 Å². The first-order valence-corrected chi connectivity index (χ1v) is 5.29. The molecule has 0 aromatic rings. The maximum Gasteiger partial charge on any atom is 0.238 e. The molecule has 0 aromatic carbocycles. The Morgan fingerprint density at radius 3 is 3.08 bits per heavy atom. The van der Waals surface area contributed by atoms with Crippen LogP contribution in [0.3, 0.4) is 0 Å². The lowest BCUT2D eigenvalue weighted by atomic mass is 9.77. The lowest BCUT2D eigenvalue weighted by molar-refractivity contribution is -0.253. The molecule has 66 valence electrons. The van der Waals surface area contributed by atoms with Gasteiger partial charge in [0.05, 0.1) is 6.61 Å². The highest BCUT2D eigenvalue weighted by molar-refractivity contribution is 8.02. The minimum Gasteiger partial charge on any atom is -0.345 e. The maximum atomic E-state index is 11.6. The second kappa shape index (κ2) is 1.82. The second-order valence-electron chi connectivity index (χ2n) is 3.86. The maximum absolute atomic E-state index is 11.6. The van der Waals surface area contributed by atoms with Crippen molar-refractivity contribution in [1.82, 2.24) is 4.90 Å². The molecule has 1 amide bonds. The molecule has 3 rings (SSSR count). The van der Waals surface area contributed by atoms with E-state index in [1.54, 1.807) is 11.8 Å². The summed E-state index contributed by atoms with van der Waals surface area (Å²) in [5, 5.41) is -0.234. The van der Waals surface area contributed by atoms with E-state index in [4.69, 9.17) is 4.74 Å². The van der Waals surface area contributed by atoms with Gasteiger partial charge in [-0.3, -0.25) is 4.79 Å². The molecule has 3 aliphatic heterocycles. The third-order valence-electron chi connectivity index (χ3n) is 3.15. The number of rotatable bonds is 0. The Morgan fingerprint density at radius 1 is 1.67 bits per heavy atom. The number of hydrogen-bond donors (Lipinski definition) is 0. The number of β-lactam (4-membered cyclic amide) rings is 1. The van der Waals surface area contributed by atoms with E-state index in [0.717, 1.165) is 25.3 Å². The van der Waals surface area contributed by atoms with Crippen LogP contribution in [0.5, 0.6) is 0 Å². The zero-order valence-corrected chi connectivity index (χ0v) is 7.82. The molecular weight excluding hydrogens is 174 g/mol. The van der Waals surface area contributed by atoms with E-state index in [9.17, 15) is 4.79 Å². The Morgan fingerprint density at radius 2 is 2.50 bits per heavy atom. The first kappa shape index (κ1) is 7.21. The number of nitrogens with zero attached hydrogens (tertiary/aromatic N) is 1. The van der Waals surface area contributed by atoms with Crippen LogP contribution < -0.4 is 0 Å². The van der Waals surface area contributed by atoms with Crippen LogP contribution >= 0.6 is 11.8 Å². The SMILES string of the molecule is C[C@]12CS[C@]13OCCCN3C2=O. The summed E-state index contributed by atoms with van der Waals surface area (Å²) in [6.45, 7) is 3.72. The molecule has 0 radical (unpaired) electrons. The molecule has 2 atom stereocenters. The summed E-state index contributed by atoms with van der Waals surface area (Å²) in [5.74, 6) is 1.23. The zero-order chi connectivity index (χ0) is 8.40. The van der Waals surface area contributed by atoms with Crippen molar-refractivity contribution < 1.29 is 9.53 Å². The molecule has 0 saturated carbocycles. The summed E-state index contributed by atoms with van der Waals surface area (Å²) in [6.07, 6.45) is 0.990. The predicted octanol–water partition coefficient (Wildman–Crippen LogP) is 0.656. The summed E-state index contributed by atoms with van der Waals surface area (Å²) < 4.78 is 5.70. The van der Waals surface area contributed by atoms with E-state index in [0.29, 0.717) is 5.91 Å². The standard InChI is InChI=1S/C8H11NO2S/c1-7-5-12-8(7)9(6(7)10)3-2-4-11-8/h2-5H2,1H3/t7-,8-/m1/s1. The fourth-order valence-corrected chi connectivity index (χ4v) is 3.86. The molecule has 1 spiro atoms. The number of carbonyl (C=O) groups excluding carboxylic acids is 1. The van der Waals surface area contributed by atoms with Gasteiger partial charge in [-0.05, 0) is 13.3 Å². The van der Waals surface area contributed by atoms with Crippen molar-refractivity contribution in [2.24, 2.45) is 5.41 Å². The van der Waals surface area contributed by atoms with Crippen LogP contribution in [0.25, 0.3) is 0 Å². The zero-order valence-electron chi connectivity index (χ0n) is 7.00. The Balaban J connectivity index is 1.98. The molecule has 0 aliphatic carbocycles. The molecule has 3 saturated heterocycles. The first-order valence-electron chi connectivity index (χ1n) is 4.31. The van der Waals surface area contributed by atoms with E-state index in [1.165, 1.54) is 0 Å². The fourth-order valence-electron chi connectivity index (χ4n) is 2.32. The molecule has 0 aromatic heterocycles. The highest BCUT2D eigenvalue weighted by Gasteiger charge is 2.77. The van der Waals surface area contributed by atoms with Crippen molar-refractivity contribution in [3.05, 3.63) is 0 Å². The Labute approximate surface area is 75.4 Å². The summed E-state index contributed by atoms with van der Waals surface area (Å²) >= 11 is 1.77. The Hall–Kier alpha value is -0.220. The van der Waals surface area contributed by atoms with Crippen molar-refractivity contribution >= 4 is 17.7 Å². The number of carbonyl (C=O) groups is 1. The molecule has 3 nitrogen and oxygen atoms in total. The molecule has 12 heavy (non-hydrogen) atoms. The van der Waals surface area contributed by atoms with E-state index in [-0.39, 0.29) is 10.5 Å². The smallest absolute Gasteiger partial charge is 0.238 e. The minimum atomic E-state index is -0.234. The van der Waals surface area contributed by atoms with Crippen molar-refractivity contribution in [3.63, 3.8) is 0 Å². The normalized spacial score (nSPS) is 50.4. The van der Waals surface area contributed by atoms with Gasteiger partial charge in [0.1, 0.15) is 5.41 Å². The molecule has 0 N–H and O–H groups in total. The second-order valence-corrected chi connectivity index (χ2v) is 4.99. The Kier molecular flexibility index (Phi) is 1.10. The van der Waals surface area contributed by atoms with Gasteiger partial charge >= 0.3 is 0 Å². The highest BCUT2D eigenvalue weighted by atomic mass is 32.2. The van der Waals surface area contributed by atoms with Gasteiger partial charge in [0.25, 0.3) is 0 Å². The van der Waals surface area contributed by atoms with E-state index in [2.05, 4.69) is 0 Å². The molecule has 3 fully saturated rings. The molecular formula is C8H11NO2S. The van der Waals surface area contributed by atoms with Crippen LogP contribution in [-0.4, -0.2) is 34.8 Å². The summed E-state index contributed by atoms with van der Waals surface area (Å²) in [6, 6.07) is 0. The number of thioether (sulfide) groups is 1. The minimum absolute atomic E-state index is 0.182. The van der Waals surface area contributed by atoms with Gasteiger partial charge in [0, 0.05) is 12.3 Å². The van der Waals surface area contributed by atoms with Gasteiger partial charge in [-0.2, -0.15) is 0 Å². The number of hydrogen-bond acceptors (Lipinski definition) is 3. The first-order chi connectivity index (χ1) is 5.71. The summed E-state index contributed by atoms with van der Waals surface area (Å²) in [5.41, 5.74) is -0.182. The van der Waals surface area contributed by atoms with Gasteiger partial charge in [-0.15, -0.1) is 11.8 Å². The molecule has 0 bridgehead atoms. The summed E-state index contributed by atoms with van der Waals surface area (Å²) in [7, 11) is 0. The van der Waals surface area contributed by atoms with Crippen molar-refractivity contribution in [2.75, 3.05) is 18.9 Å². The van der Waals surface area contributed by atoms with Crippen LogP contribution in [0.4, 0.5) is 0 Å². The third-order valence-corrected chi connectivity index (χ3v) is 5.05. The fraction of sp³-hybridized carbons (Fsp3) is 0.875. The topological polar surface area (TPSA) is 29.5 Å². The van der Waals surface area contributed by atoms with Crippen LogP contribution in [-0.2, 0) is 9.53 Å². The van der Waals surface area contributed by atoms with Gasteiger partial charge < -0.3 is 9.64 Å². The molecule has 3 heterocycles. The average Bonchev–Trinajstić information content (AvgIpc) is 2.14. The van der Waals surface area contributed by atoms with Gasteiger partial charge in [0.15, 0.2) is 0 Å². The van der Waals surface area contributed by atoms with Crippen LogP contribution in [0.2, 0.25) is 0 Å². The Bertz CT molecular complexity index is 270. The van der Waals surface area contributed by atoms with E-state index >= 15 is 0 Å². The van der Waals surface area contributed by atoms with Crippen LogP contribution in [0.15, 0.2) is 0 Å². The molecule has 0 unspecified atom stereocenters. The number of ether oxygens (including phenoxy) is 1. The van der Waals surface area contributed by atoms with Crippen molar-refractivity contribution in [1.29, 1.82) is 0 Å². The lowest BCUT2D eigenvalue weighted by Gasteiger charge is -2.70. The lowest BCUT2D eigenvalue weighted by Crippen LogP contribution is -2.84. The van der Waals surface area contributed by atoms with E-state index < -0.39 is 0 Å². The summed E-state index contributed by atoms with van der Waals surface area (Å²) in [4.78, 5) is 13.5. The van der Waals surface area contributed by atoms with Crippen LogP contribution in [0.1, 0.15) is 13.3 Å². The predicted molar refractivity (Wildman–Crippen MR) is 45.6 cm³/mol. The highest BCUT2D eigenvalue weighted by Crippen LogP contribution is 2.66. The average molecular weight is 185 g/mol. The third kappa shape index (κ3) is 0.476. The van der Waals surface area contributed by atoms with Gasteiger partial charge in [-0.25, -0.2) is 0 Å². The van der Waals surface area contributed by atoms with Crippen LogP contribution in [0, 0.1) is 5.41 Å². The largest absolute Gasteiger partial charge is 0.345 e. The van der Waals surface area contributed by atoms with Crippen molar-refractivity contribution in [2.45, 2.75) is 18.4 Å². The monoisotopic (exact) mass is 185 g/mol. The quantitative estimate of drug-likeness (QED) is 0.519. The number of amides is 1. The van der Waals surface area contributed by atoms with E-state index in [1.807, 2.05) is 11.8 Å². The van der Waals surface area contributed by atoms with Gasteiger partial charge in [-0.1, -0.05) is 0 Å². The molecule has 3 aliphatic rings. The van der Waals surface area contributed by atoms with Gasteiger partial charge in [0.2, 0.25) is 11.0 Å². The molecule has 4 heteroatoms.